The number of halogens is 1. The Bertz CT molecular complexity index is 518. The average molecular weight is 273 g/mol. The third-order valence-electron chi connectivity index (χ3n) is 2.92. The van der Waals surface area contributed by atoms with E-state index in [1.54, 1.807) is 19.1 Å². The Morgan fingerprint density at radius 1 is 1.50 bits per heavy atom. The van der Waals surface area contributed by atoms with Crippen LogP contribution >= 0.6 is 0 Å². The Morgan fingerprint density at radius 3 is 3.00 bits per heavy atom. The zero-order valence-electron chi connectivity index (χ0n) is 10.2. The van der Waals surface area contributed by atoms with E-state index in [9.17, 15) is 12.8 Å². The van der Waals surface area contributed by atoms with Crippen LogP contribution in [0.15, 0.2) is 24.3 Å². The van der Waals surface area contributed by atoms with Crippen molar-refractivity contribution in [3.05, 3.63) is 35.6 Å². The van der Waals surface area contributed by atoms with Crippen molar-refractivity contribution in [1.82, 2.24) is 4.31 Å². The van der Waals surface area contributed by atoms with E-state index in [-0.39, 0.29) is 30.8 Å². The second-order valence-electron chi connectivity index (χ2n) is 4.42. The van der Waals surface area contributed by atoms with Crippen LogP contribution in [0, 0.1) is 5.82 Å². The summed E-state index contributed by atoms with van der Waals surface area (Å²) >= 11 is 0. The van der Waals surface area contributed by atoms with Crippen LogP contribution in [0.4, 0.5) is 4.39 Å². The van der Waals surface area contributed by atoms with Gasteiger partial charge >= 0.3 is 0 Å². The smallest absolute Gasteiger partial charge is 0.217 e. The summed E-state index contributed by atoms with van der Waals surface area (Å²) in [6, 6.07) is 5.76. The van der Waals surface area contributed by atoms with E-state index < -0.39 is 10.0 Å². The predicted octanol–water partition coefficient (Wildman–Crippen LogP) is 1.38. The van der Waals surface area contributed by atoms with Crippen LogP contribution in [0.1, 0.15) is 12.5 Å². The summed E-state index contributed by atoms with van der Waals surface area (Å²) in [6.07, 6.45) is 0. The van der Waals surface area contributed by atoms with Gasteiger partial charge in [-0.25, -0.2) is 12.8 Å². The topological polar surface area (TPSA) is 46.6 Å². The maximum Gasteiger partial charge on any atom is 0.217 e. The highest BCUT2D eigenvalue weighted by molar-refractivity contribution is 7.89. The normalized spacial score (nSPS) is 24.7. The molecule has 18 heavy (non-hydrogen) atoms. The number of ether oxygens (including phenoxy) is 1. The highest BCUT2D eigenvalue weighted by atomic mass is 32.2. The molecule has 1 heterocycles. The molecule has 1 aliphatic heterocycles. The minimum Gasteiger partial charge on any atom is -0.379 e. The lowest BCUT2D eigenvalue weighted by Gasteiger charge is -2.25. The first-order valence-corrected chi connectivity index (χ1v) is 7.42. The Balaban J connectivity index is 2.24. The van der Waals surface area contributed by atoms with Crippen molar-refractivity contribution in [3.8, 4) is 0 Å². The lowest BCUT2D eigenvalue weighted by Crippen LogP contribution is -2.39. The van der Waals surface area contributed by atoms with Gasteiger partial charge in [0.1, 0.15) is 5.82 Å². The second-order valence-corrected chi connectivity index (χ2v) is 6.46. The first-order chi connectivity index (χ1) is 8.49. The third kappa shape index (κ3) is 3.07. The van der Waals surface area contributed by atoms with Crippen molar-refractivity contribution in [3.63, 3.8) is 0 Å². The summed E-state index contributed by atoms with van der Waals surface area (Å²) in [4.78, 5) is 0. The number of rotatable bonds is 2. The molecule has 1 aliphatic rings. The minimum atomic E-state index is -3.33. The molecular formula is C12H16FNO3S. The SMILES string of the molecule is C[C@H]1COCCS(=O)(=O)N1Cc1cccc(F)c1. The Labute approximate surface area is 106 Å². The van der Waals surface area contributed by atoms with Crippen molar-refractivity contribution in [1.29, 1.82) is 0 Å². The largest absolute Gasteiger partial charge is 0.379 e. The fourth-order valence-corrected chi connectivity index (χ4v) is 3.48. The molecule has 0 aliphatic carbocycles. The molecule has 1 fully saturated rings. The first kappa shape index (κ1) is 13.5. The molecule has 100 valence electrons. The molecule has 0 unspecified atom stereocenters. The standard InChI is InChI=1S/C12H16FNO3S/c1-10-9-17-5-6-18(15,16)14(10)8-11-3-2-4-12(13)7-11/h2-4,7,10H,5-6,8-9H2,1H3/t10-/m0/s1. The van der Waals surface area contributed by atoms with Gasteiger partial charge in [-0.05, 0) is 24.6 Å². The minimum absolute atomic E-state index is 0.0212. The lowest BCUT2D eigenvalue weighted by molar-refractivity contribution is 0.116. The van der Waals surface area contributed by atoms with Crippen molar-refractivity contribution < 1.29 is 17.5 Å². The second kappa shape index (κ2) is 5.34. The third-order valence-corrected chi connectivity index (χ3v) is 4.81. The summed E-state index contributed by atoms with van der Waals surface area (Å²) in [5, 5.41) is 0. The Hall–Kier alpha value is -0.980. The van der Waals surface area contributed by atoms with Crippen molar-refractivity contribution >= 4 is 10.0 Å². The summed E-state index contributed by atoms with van der Waals surface area (Å²) in [7, 11) is -3.33. The van der Waals surface area contributed by atoms with Gasteiger partial charge < -0.3 is 4.74 Å². The zero-order valence-corrected chi connectivity index (χ0v) is 11.0. The van der Waals surface area contributed by atoms with Gasteiger partial charge in [0.05, 0.1) is 19.0 Å². The van der Waals surface area contributed by atoms with Crippen LogP contribution in [0.5, 0.6) is 0 Å². The number of benzene rings is 1. The van der Waals surface area contributed by atoms with E-state index in [4.69, 9.17) is 4.74 Å². The summed E-state index contributed by atoms with van der Waals surface area (Å²) < 4.78 is 43.8. The average Bonchev–Trinajstić information content (AvgIpc) is 2.42. The Morgan fingerprint density at radius 2 is 2.28 bits per heavy atom. The van der Waals surface area contributed by atoms with Gasteiger partial charge in [-0.3, -0.25) is 0 Å². The van der Waals surface area contributed by atoms with E-state index in [0.29, 0.717) is 12.2 Å². The quantitative estimate of drug-likeness (QED) is 0.817. The molecule has 1 aromatic rings. The van der Waals surface area contributed by atoms with Crippen molar-refractivity contribution in [2.75, 3.05) is 19.0 Å². The van der Waals surface area contributed by atoms with E-state index in [0.717, 1.165) is 0 Å². The maximum absolute atomic E-state index is 13.1. The number of sulfonamides is 1. The van der Waals surface area contributed by atoms with E-state index in [2.05, 4.69) is 0 Å². The maximum atomic E-state index is 13.1. The van der Waals surface area contributed by atoms with Gasteiger partial charge in [-0.1, -0.05) is 12.1 Å². The van der Waals surface area contributed by atoms with Crippen LogP contribution in [0.25, 0.3) is 0 Å². The van der Waals surface area contributed by atoms with E-state index in [1.165, 1.54) is 16.4 Å². The fourth-order valence-electron chi connectivity index (χ4n) is 1.96. The number of nitrogens with zero attached hydrogens (tertiary/aromatic N) is 1. The molecule has 0 bridgehead atoms. The fraction of sp³-hybridized carbons (Fsp3) is 0.500. The highest BCUT2D eigenvalue weighted by Gasteiger charge is 2.30. The van der Waals surface area contributed by atoms with E-state index >= 15 is 0 Å². The van der Waals surface area contributed by atoms with Crippen LogP contribution in [-0.4, -0.2) is 37.7 Å². The van der Waals surface area contributed by atoms with Crippen molar-refractivity contribution in [2.24, 2.45) is 0 Å². The molecule has 0 aromatic heterocycles. The monoisotopic (exact) mass is 273 g/mol. The molecule has 4 nitrogen and oxygen atoms in total. The molecule has 0 N–H and O–H groups in total. The molecule has 0 saturated carbocycles. The summed E-state index contributed by atoms with van der Waals surface area (Å²) in [5.74, 6) is -0.379. The molecule has 1 atom stereocenters. The molecule has 0 spiro atoms. The molecule has 2 rings (SSSR count). The Kier molecular flexibility index (Phi) is 3.99. The summed E-state index contributed by atoms with van der Waals surface area (Å²) in [5.41, 5.74) is 0.646. The van der Waals surface area contributed by atoms with Crippen LogP contribution in [-0.2, 0) is 21.3 Å². The van der Waals surface area contributed by atoms with Gasteiger partial charge in [0.15, 0.2) is 0 Å². The molecular weight excluding hydrogens is 257 g/mol. The molecule has 1 saturated heterocycles. The molecule has 1 aromatic carbocycles. The van der Waals surface area contributed by atoms with Crippen molar-refractivity contribution in [2.45, 2.75) is 19.5 Å². The van der Waals surface area contributed by atoms with Crippen LogP contribution in [0.3, 0.4) is 0 Å². The highest BCUT2D eigenvalue weighted by Crippen LogP contribution is 2.17. The van der Waals surface area contributed by atoms with Gasteiger partial charge in [-0.2, -0.15) is 4.31 Å². The predicted molar refractivity (Wildman–Crippen MR) is 66.0 cm³/mol. The van der Waals surface area contributed by atoms with Crippen LogP contribution in [0.2, 0.25) is 0 Å². The summed E-state index contributed by atoms with van der Waals surface area (Å²) in [6.45, 7) is 2.56. The molecule has 0 amide bonds. The first-order valence-electron chi connectivity index (χ1n) is 5.81. The van der Waals surface area contributed by atoms with Gasteiger partial charge in [0.2, 0.25) is 10.0 Å². The lowest BCUT2D eigenvalue weighted by atomic mass is 10.2. The van der Waals surface area contributed by atoms with Gasteiger partial charge in [0, 0.05) is 12.6 Å². The molecule has 6 heteroatoms. The molecule has 0 radical (unpaired) electrons. The van der Waals surface area contributed by atoms with Gasteiger partial charge in [-0.15, -0.1) is 0 Å². The van der Waals surface area contributed by atoms with Gasteiger partial charge in [0.25, 0.3) is 0 Å². The number of hydrogen-bond acceptors (Lipinski definition) is 3. The van der Waals surface area contributed by atoms with Crippen LogP contribution < -0.4 is 0 Å². The van der Waals surface area contributed by atoms with E-state index in [1.807, 2.05) is 0 Å². The zero-order chi connectivity index (χ0) is 13.2. The number of hydrogen-bond donors (Lipinski definition) is 0.